The quantitative estimate of drug-likeness (QED) is 0.472. The number of hydrogen-bond donors (Lipinski definition) is 1. The van der Waals surface area contributed by atoms with Crippen LogP contribution in [0.1, 0.15) is 27.4 Å². The van der Waals surface area contributed by atoms with Gasteiger partial charge in [0.25, 0.3) is 5.91 Å². The summed E-state index contributed by atoms with van der Waals surface area (Å²) in [5.74, 6) is 1.07. The molecule has 0 saturated heterocycles. The molecule has 2 aromatic heterocycles. The van der Waals surface area contributed by atoms with Crippen LogP contribution in [0.3, 0.4) is 0 Å². The van der Waals surface area contributed by atoms with Crippen molar-refractivity contribution >= 4 is 11.6 Å². The lowest BCUT2D eigenvalue weighted by Crippen LogP contribution is -2.27. The van der Waals surface area contributed by atoms with Crippen LogP contribution >= 0.6 is 0 Å². The highest BCUT2D eigenvalue weighted by molar-refractivity contribution is 5.91. The lowest BCUT2D eigenvalue weighted by Gasteiger charge is -2.07. The zero-order valence-corrected chi connectivity index (χ0v) is 15.5. The van der Waals surface area contributed by atoms with Gasteiger partial charge in [0.15, 0.2) is 5.76 Å². The summed E-state index contributed by atoms with van der Waals surface area (Å²) in [5, 5.41) is 17.2. The maximum absolute atomic E-state index is 12.1. The number of amides is 1. The first-order valence-corrected chi connectivity index (χ1v) is 8.65. The van der Waals surface area contributed by atoms with E-state index in [4.69, 9.17) is 9.15 Å². The van der Waals surface area contributed by atoms with Gasteiger partial charge in [-0.25, -0.2) is 0 Å². The molecule has 1 aromatic carbocycles. The minimum Gasteiger partial charge on any atom is -0.486 e. The lowest BCUT2D eigenvalue weighted by atomic mass is 10.1. The van der Waals surface area contributed by atoms with Gasteiger partial charge in [0.2, 0.25) is 0 Å². The normalized spacial score (nSPS) is 10.6. The average Bonchev–Trinajstić information content (AvgIpc) is 3.29. The van der Waals surface area contributed by atoms with E-state index in [0.29, 0.717) is 12.3 Å². The minimum atomic E-state index is -0.521. The fraction of sp³-hybridized carbons (Fsp3) is 0.263. The molecule has 0 aliphatic rings. The third-order valence-electron chi connectivity index (χ3n) is 3.92. The Kier molecular flexibility index (Phi) is 5.73. The average molecular weight is 384 g/mol. The van der Waals surface area contributed by atoms with Gasteiger partial charge in [-0.3, -0.25) is 19.6 Å². The molecular formula is C19H20N4O5. The molecule has 0 bridgehead atoms. The van der Waals surface area contributed by atoms with Gasteiger partial charge in [-0.05, 0) is 49.2 Å². The van der Waals surface area contributed by atoms with Gasteiger partial charge >= 0.3 is 5.69 Å². The van der Waals surface area contributed by atoms with Gasteiger partial charge in [-0.2, -0.15) is 5.10 Å². The number of benzene rings is 1. The highest BCUT2D eigenvalue weighted by atomic mass is 16.6. The first kappa shape index (κ1) is 19.2. The molecule has 1 amide bonds. The molecule has 28 heavy (non-hydrogen) atoms. The molecule has 3 aromatic rings. The topological polar surface area (TPSA) is 112 Å². The van der Waals surface area contributed by atoms with Crippen molar-refractivity contribution in [1.82, 2.24) is 15.1 Å². The van der Waals surface area contributed by atoms with Crippen molar-refractivity contribution in [3.8, 4) is 5.75 Å². The van der Waals surface area contributed by atoms with Crippen LogP contribution in [-0.4, -0.2) is 27.2 Å². The van der Waals surface area contributed by atoms with Crippen LogP contribution in [0, 0.1) is 24.0 Å². The molecule has 0 unspecified atom stereocenters. The number of carbonyl (C=O) groups excluding carboxylic acids is 1. The molecule has 0 aliphatic carbocycles. The Bertz CT molecular complexity index is 972. The number of hydrogen-bond acceptors (Lipinski definition) is 6. The van der Waals surface area contributed by atoms with Crippen molar-refractivity contribution in [2.75, 3.05) is 6.54 Å². The number of carbonyl (C=O) groups is 1. The molecule has 0 aliphatic heterocycles. The predicted octanol–water partition coefficient (Wildman–Crippen LogP) is 3.01. The molecule has 0 spiro atoms. The summed E-state index contributed by atoms with van der Waals surface area (Å²) in [6.07, 6.45) is 2.47. The summed E-state index contributed by atoms with van der Waals surface area (Å²) < 4.78 is 12.6. The SMILES string of the molecule is Cc1cc(C)cc(OCc2ccc(C(=O)NCCn3cc([N+](=O)[O-])cn3)o2)c1. The molecule has 0 saturated carbocycles. The van der Waals surface area contributed by atoms with Crippen molar-refractivity contribution in [3.63, 3.8) is 0 Å². The van der Waals surface area contributed by atoms with Gasteiger partial charge < -0.3 is 14.5 Å². The fourth-order valence-corrected chi connectivity index (χ4v) is 2.69. The van der Waals surface area contributed by atoms with Crippen LogP contribution in [0.2, 0.25) is 0 Å². The maximum atomic E-state index is 12.1. The molecular weight excluding hydrogens is 364 g/mol. The fourth-order valence-electron chi connectivity index (χ4n) is 2.69. The van der Waals surface area contributed by atoms with Crippen molar-refractivity contribution in [3.05, 3.63) is 75.5 Å². The van der Waals surface area contributed by atoms with Gasteiger partial charge in [-0.1, -0.05) is 6.07 Å². The highest BCUT2D eigenvalue weighted by Gasteiger charge is 2.12. The first-order chi connectivity index (χ1) is 13.4. The third kappa shape index (κ3) is 4.97. The Morgan fingerprint density at radius 2 is 2.04 bits per heavy atom. The Labute approximate surface area is 161 Å². The number of ether oxygens (including phenoxy) is 1. The number of furan rings is 1. The summed E-state index contributed by atoms with van der Waals surface area (Å²) in [5.41, 5.74) is 2.12. The van der Waals surface area contributed by atoms with Crippen LogP contribution in [0.25, 0.3) is 0 Å². The number of nitrogens with one attached hydrogen (secondary N) is 1. The number of nitro groups is 1. The second-order valence-electron chi connectivity index (χ2n) is 6.35. The predicted molar refractivity (Wildman–Crippen MR) is 100 cm³/mol. The van der Waals surface area contributed by atoms with Gasteiger partial charge in [0.1, 0.15) is 30.5 Å². The Morgan fingerprint density at radius 3 is 2.71 bits per heavy atom. The molecule has 0 atom stereocenters. The van der Waals surface area contributed by atoms with Crippen LogP contribution in [0.5, 0.6) is 5.75 Å². The molecule has 9 nitrogen and oxygen atoms in total. The number of aryl methyl sites for hydroxylation is 2. The Morgan fingerprint density at radius 1 is 1.29 bits per heavy atom. The van der Waals surface area contributed by atoms with E-state index in [1.54, 1.807) is 12.1 Å². The van der Waals surface area contributed by atoms with Crippen LogP contribution < -0.4 is 10.1 Å². The monoisotopic (exact) mass is 384 g/mol. The molecule has 0 fully saturated rings. The van der Waals surface area contributed by atoms with Gasteiger partial charge in [-0.15, -0.1) is 0 Å². The second kappa shape index (κ2) is 8.38. The van der Waals surface area contributed by atoms with E-state index >= 15 is 0 Å². The number of aromatic nitrogens is 2. The lowest BCUT2D eigenvalue weighted by molar-refractivity contribution is -0.385. The molecule has 2 heterocycles. The molecule has 146 valence electrons. The Balaban J connectivity index is 1.48. The third-order valence-corrected chi connectivity index (χ3v) is 3.92. The van der Waals surface area contributed by atoms with E-state index in [-0.39, 0.29) is 30.5 Å². The summed E-state index contributed by atoms with van der Waals surface area (Å²) in [6, 6.07) is 9.19. The van der Waals surface area contributed by atoms with E-state index in [9.17, 15) is 14.9 Å². The van der Waals surface area contributed by atoms with E-state index in [1.165, 1.54) is 10.9 Å². The van der Waals surface area contributed by atoms with Crippen LogP contribution in [0.15, 0.2) is 47.1 Å². The summed E-state index contributed by atoms with van der Waals surface area (Å²) in [4.78, 5) is 22.2. The smallest absolute Gasteiger partial charge is 0.306 e. The summed E-state index contributed by atoms with van der Waals surface area (Å²) in [7, 11) is 0. The standard InChI is InChI=1S/C19H20N4O5/c1-13-7-14(2)9-17(8-13)27-12-16-3-4-18(28-16)19(24)20-5-6-22-11-15(10-21-22)23(25)26/h3-4,7-11H,5-6,12H2,1-2H3,(H,20,24). The summed E-state index contributed by atoms with van der Waals surface area (Å²) >= 11 is 0. The zero-order valence-electron chi connectivity index (χ0n) is 15.5. The van der Waals surface area contributed by atoms with E-state index in [1.807, 2.05) is 26.0 Å². The van der Waals surface area contributed by atoms with E-state index in [2.05, 4.69) is 16.5 Å². The van der Waals surface area contributed by atoms with Crippen LogP contribution in [0.4, 0.5) is 5.69 Å². The van der Waals surface area contributed by atoms with E-state index < -0.39 is 4.92 Å². The summed E-state index contributed by atoms with van der Waals surface area (Å²) in [6.45, 7) is 4.77. The Hall–Kier alpha value is -3.62. The van der Waals surface area contributed by atoms with E-state index in [0.717, 1.165) is 23.1 Å². The zero-order chi connectivity index (χ0) is 20.1. The maximum Gasteiger partial charge on any atom is 0.306 e. The molecule has 0 radical (unpaired) electrons. The number of nitrogens with zero attached hydrogens (tertiary/aromatic N) is 3. The van der Waals surface area contributed by atoms with Gasteiger partial charge in [0.05, 0.1) is 11.5 Å². The number of rotatable bonds is 8. The largest absolute Gasteiger partial charge is 0.486 e. The minimum absolute atomic E-state index is 0.0918. The molecule has 9 heteroatoms. The van der Waals surface area contributed by atoms with Gasteiger partial charge in [0, 0.05) is 6.54 Å². The second-order valence-corrected chi connectivity index (χ2v) is 6.35. The molecule has 1 N–H and O–H groups in total. The van der Waals surface area contributed by atoms with Crippen LogP contribution in [-0.2, 0) is 13.2 Å². The highest BCUT2D eigenvalue weighted by Crippen LogP contribution is 2.18. The van der Waals surface area contributed by atoms with Crippen molar-refractivity contribution in [2.45, 2.75) is 27.0 Å². The van der Waals surface area contributed by atoms with Crippen molar-refractivity contribution in [2.24, 2.45) is 0 Å². The molecule has 3 rings (SSSR count). The van der Waals surface area contributed by atoms with Crippen molar-refractivity contribution < 1.29 is 18.9 Å². The first-order valence-electron chi connectivity index (χ1n) is 8.65. The van der Waals surface area contributed by atoms with Crippen molar-refractivity contribution in [1.29, 1.82) is 0 Å².